The second-order valence-electron chi connectivity index (χ2n) is 7.30. The maximum Gasteiger partial charge on any atom is 0.317 e. The monoisotopic (exact) mass is 401 g/mol. The summed E-state index contributed by atoms with van der Waals surface area (Å²) in [6, 6.07) is 12.0. The normalized spacial score (nSPS) is 15.9. The highest BCUT2D eigenvalue weighted by Gasteiger charge is 2.23. The number of anilines is 1. The fourth-order valence-electron chi connectivity index (χ4n) is 3.59. The molecule has 6 nitrogen and oxygen atoms in total. The van der Waals surface area contributed by atoms with Crippen LogP contribution in [-0.4, -0.2) is 51.8 Å². The molecule has 2 aromatic rings. The van der Waals surface area contributed by atoms with Crippen molar-refractivity contribution in [2.24, 2.45) is 5.92 Å². The first-order chi connectivity index (χ1) is 14.0. The summed E-state index contributed by atoms with van der Waals surface area (Å²) >= 11 is 0. The van der Waals surface area contributed by atoms with Gasteiger partial charge in [0.25, 0.3) is 0 Å². The molecular formula is C22H28FN3O3. The van der Waals surface area contributed by atoms with Gasteiger partial charge in [0.1, 0.15) is 17.3 Å². The molecule has 1 unspecified atom stereocenters. The summed E-state index contributed by atoms with van der Waals surface area (Å²) < 4.78 is 23.7. The zero-order valence-corrected chi connectivity index (χ0v) is 17.2. The number of amides is 2. The molecule has 0 spiro atoms. The molecule has 1 N–H and O–H groups in total. The van der Waals surface area contributed by atoms with Gasteiger partial charge in [-0.25, -0.2) is 9.18 Å². The summed E-state index contributed by atoms with van der Waals surface area (Å²) in [5, 5.41) is 3.02. The lowest BCUT2D eigenvalue weighted by molar-refractivity contribution is 0.204. The van der Waals surface area contributed by atoms with E-state index in [1.807, 2.05) is 18.2 Å². The van der Waals surface area contributed by atoms with Gasteiger partial charge in [0, 0.05) is 37.9 Å². The minimum absolute atomic E-state index is 0.130. The largest absolute Gasteiger partial charge is 0.497 e. The van der Waals surface area contributed by atoms with Crippen LogP contribution in [0.1, 0.15) is 12.0 Å². The van der Waals surface area contributed by atoms with E-state index >= 15 is 0 Å². The molecule has 7 heteroatoms. The van der Waals surface area contributed by atoms with E-state index in [0.29, 0.717) is 19.0 Å². The summed E-state index contributed by atoms with van der Waals surface area (Å²) in [6.07, 6.45) is 0.991. The number of carbonyl (C=O) groups excluding carboxylic acids is 1. The van der Waals surface area contributed by atoms with Crippen LogP contribution in [0.25, 0.3) is 0 Å². The van der Waals surface area contributed by atoms with Crippen molar-refractivity contribution in [3.8, 4) is 11.5 Å². The number of nitrogens with one attached hydrogen (secondary N) is 1. The van der Waals surface area contributed by atoms with E-state index in [2.05, 4.69) is 10.2 Å². The number of rotatable bonds is 7. The van der Waals surface area contributed by atoms with Gasteiger partial charge in [-0.05, 0) is 54.8 Å². The molecule has 3 rings (SSSR count). The number of benzene rings is 2. The molecule has 2 aromatic carbocycles. The van der Waals surface area contributed by atoms with Crippen molar-refractivity contribution in [2.75, 3.05) is 45.8 Å². The Morgan fingerprint density at radius 1 is 1.21 bits per heavy atom. The van der Waals surface area contributed by atoms with Crippen LogP contribution in [0.15, 0.2) is 42.5 Å². The van der Waals surface area contributed by atoms with Crippen LogP contribution in [-0.2, 0) is 6.54 Å². The van der Waals surface area contributed by atoms with E-state index in [1.165, 1.54) is 12.1 Å². The molecule has 1 fully saturated rings. The van der Waals surface area contributed by atoms with Gasteiger partial charge < -0.3 is 24.6 Å². The highest BCUT2D eigenvalue weighted by molar-refractivity contribution is 5.74. The zero-order valence-electron chi connectivity index (χ0n) is 17.2. The molecule has 156 valence electrons. The van der Waals surface area contributed by atoms with E-state index in [1.54, 1.807) is 38.3 Å². The van der Waals surface area contributed by atoms with E-state index in [9.17, 15) is 9.18 Å². The van der Waals surface area contributed by atoms with Crippen molar-refractivity contribution in [3.63, 3.8) is 0 Å². The number of halogens is 1. The van der Waals surface area contributed by atoms with Crippen molar-refractivity contribution in [1.29, 1.82) is 0 Å². The predicted octanol–water partition coefficient (Wildman–Crippen LogP) is 3.51. The first kappa shape index (κ1) is 20.8. The topological polar surface area (TPSA) is 54.0 Å². The highest BCUT2D eigenvalue weighted by Crippen LogP contribution is 2.26. The van der Waals surface area contributed by atoms with Crippen LogP contribution in [0, 0.1) is 11.7 Å². The fourth-order valence-corrected chi connectivity index (χ4v) is 3.59. The zero-order chi connectivity index (χ0) is 20.8. The third kappa shape index (κ3) is 5.31. The molecule has 0 bridgehead atoms. The van der Waals surface area contributed by atoms with E-state index in [4.69, 9.17) is 9.47 Å². The van der Waals surface area contributed by atoms with Gasteiger partial charge >= 0.3 is 6.03 Å². The molecule has 1 heterocycles. The standard InChI is InChI=1S/C22H28FN3O3/c1-25(15-17-12-20(28-2)8-9-21(17)29-3)22(27)24-13-16-10-11-26(14-16)19-6-4-18(23)5-7-19/h4-9,12,16H,10-11,13-15H2,1-3H3,(H,24,27). The predicted molar refractivity (Wildman–Crippen MR) is 111 cm³/mol. The number of methoxy groups -OCH3 is 2. The number of hydrogen-bond donors (Lipinski definition) is 1. The number of carbonyl (C=O) groups is 1. The highest BCUT2D eigenvalue weighted by atomic mass is 19.1. The van der Waals surface area contributed by atoms with Crippen LogP contribution in [0.3, 0.4) is 0 Å². The van der Waals surface area contributed by atoms with Gasteiger partial charge in [0.2, 0.25) is 0 Å². The Kier molecular flexibility index (Phi) is 6.80. The van der Waals surface area contributed by atoms with Crippen molar-refractivity contribution >= 4 is 11.7 Å². The minimum Gasteiger partial charge on any atom is -0.497 e. The Morgan fingerprint density at radius 2 is 1.97 bits per heavy atom. The molecule has 29 heavy (non-hydrogen) atoms. The average Bonchev–Trinajstić information content (AvgIpc) is 3.21. The summed E-state index contributed by atoms with van der Waals surface area (Å²) in [5.74, 6) is 1.58. The molecule has 0 saturated carbocycles. The van der Waals surface area contributed by atoms with Crippen LogP contribution in [0.5, 0.6) is 11.5 Å². The lowest BCUT2D eigenvalue weighted by Gasteiger charge is -2.22. The quantitative estimate of drug-likeness (QED) is 0.772. The second-order valence-corrected chi connectivity index (χ2v) is 7.30. The maximum absolute atomic E-state index is 13.1. The van der Waals surface area contributed by atoms with Gasteiger partial charge in [-0.15, -0.1) is 0 Å². The van der Waals surface area contributed by atoms with Crippen LogP contribution in [0.4, 0.5) is 14.9 Å². The van der Waals surface area contributed by atoms with Gasteiger partial charge in [0.05, 0.1) is 20.8 Å². The number of nitrogens with zero attached hydrogens (tertiary/aromatic N) is 2. The number of urea groups is 1. The molecule has 0 aliphatic carbocycles. The summed E-state index contributed by atoms with van der Waals surface area (Å²) in [4.78, 5) is 16.4. The number of ether oxygens (including phenoxy) is 2. The Labute approximate surface area is 171 Å². The van der Waals surface area contributed by atoms with E-state index in [0.717, 1.165) is 42.3 Å². The smallest absolute Gasteiger partial charge is 0.317 e. The molecule has 1 saturated heterocycles. The molecule has 1 atom stereocenters. The Morgan fingerprint density at radius 3 is 2.66 bits per heavy atom. The molecular weight excluding hydrogens is 373 g/mol. The molecule has 0 radical (unpaired) electrons. The minimum atomic E-state index is -0.229. The molecule has 2 amide bonds. The molecule has 0 aromatic heterocycles. The van der Waals surface area contributed by atoms with Crippen molar-refractivity contribution in [3.05, 3.63) is 53.8 Å². The Balaban J connectivity index is 1.50. The molecule has 1 aliphatic rings. The van der Waals surface area contributed by atoms with Crippen LogP contribution >= 0.6 is 0 Å². The van der Waals surface area contributed by atoms with Gasteiger partial charge in [0.15, 0.2) is 0 Å². The average molecular weight is 401 g/mol. The summed E-state index contributed by atoms with van der Waals surface area (Å²) in [7, 11) is 4.98. The Hall–Kier alpha value is -2.96. The van der Waals surface area contributed by atoms with E-state index < -0.39 is 0 Å². The third-order valence-corrected chi connectivity index (χ3v) is 5.26. The van der Waals surface area contributed by atoms with Gasteiger partial charge in [-0.1, -0.05) is 0 Å². The SMILES string of the molecule is COc1ccc(OC)c(CN(C)C(=O)NCC2CCN(c3ccc(F)cc3)C2)c1. The van der Waals surface area contributed by atoms with Crippen molar-refractivity contribution < 1.29 is 18.7 Å². The Bertz CT molecular complexity index is 829. The van der Waals surface area contributed by atoms with E-state index in [-0.39, 0.29) is 11.8 Å². The van der Waals surface area contributed by atoms with Gasteiger partial charge in [-0.3, -0.25) is 0 Å². The summed E-state index contributed by atoms with van der Waals surface area (Å²) in [6.45, 7) is 2.77. The third-order valence-electron chi connectivity index (χ3n) is 5.26. The second kappa shape index (κ2) is 9.49. The van der Waals surface area contributed by atoms with Crippen LogP contribution in [0.2, 0.25) is 0 Å². The lowest BCUT2D eigenvalue weighted by atomic mass is 10.1. The van der Waals surface area contributed by atoms with Gasteiger partial charge in [-0.2, -0.15) is 0 Å². The van der Waals surface area contributed by atoms with Crippen molar-refractivity contribution in [2.45, 2.75) is 13.0 Å². The first-order valence-corrected chi connectivity index (χ1v) is 9.70. The lowest BCUT2D eigenvalue weighted by Crippen LogP contribution is -2.39. The number of hydrogen-bond acceptors (Lipinski definition) is 4. The van der Waals surface area contributed by atoms with Crippen LogP contribution < -0.4 is 19.7 Å². The summed E-state index contributed by atoms with van der Waals surface area (Å²) in [5.41, 5.74) is 1.90. The molecule has 1 aliphatic heterocycles. The maximum atomic E-state index is 13.1. The first-order valence-electron chi connectivity index (χ1n) is 9.70. The van der Waals surface area contributed by atoms with Crippen molar-refractivity contribution in [1.82, 2.24) is 10.2 Å². The fraction of sp³-hybridized carbons (Fsp3) is 0.409.